The topological polar surface area (TPSA) is 52.6 Å². The number of carbonyl (C=O) groups excluding carboxylic acids is 2. The fourth-order valence-electron chi connectivity index (χ4n) is 2.81. The lowest BCUT2D eigenvalue weighted by Crippen LogP contribution is -2.10. The van der Waals surface area contributed by atoms with E-state index in [2.05, 4.69) is 22.6 Å². The molecule has 2 rings (SSSR count). The third kappa shape index (κ3) is 4.13. The van der Waals surface area contributed by atoms with Gasteiger partial charge in [0.25, 0.3) is 0 Å². The quantitative estimate of drug-likeness (QED) is 0.408. The van der Waals surface area contributed by atoms with Gasteiger partial charge >= 0.3 is 11.9 Å². The van der Waals surface area contributed by atoms with Crippen molar-refractivity contribution in [2.45, 2.75) is 27.4 Å². The van der Waals surface area contributed by atoms with Crippen molar-refractivity contribution in [3.05, 3.63) is 45.0 Å². The highest BCUT2D eigenvalue weighted by Crippen LogP contribution is 2.59. The molecule has 1 unspecified atom stereocenters. The maximum absolute atomic E-state index is 12.3. The van der Waals surface area contributed by atoms with Crippen molar-refractivity contribution in [2.24, 2.45) is 17.3 Å². The first-order chi connectivity index (χ1) is 10.8. The molecule has 4 nitrogen and oxygen atoms in total. The lowest BCUT2D eigenvalue weighted by molar-refractivity contribution is -0.147. The van der Waals surface area contributed by atoms with Gasteiger partial charge in [-0.2, -0.15) is 0 Å². The van der Waals surface area contributed by atoms with Crippen LogP contribution in [0, 0.1) is 20.8 Å². The van der Waals surface area contributed by atoms with Crippen LogP contribution in [0.2, 0.25) is 0 Å². The third-order valence-electron chi connectivity index (χ3n) is 4.37. The van der Waals surface area contributed by atoms with E-state index in [4.69, 9.17) is 9.47 Å². The summed E-state index contributed by atoms with van der Waals surface area (Å²) in [6.07, 6.45) is 1.82. The number of hydrogen-bond acceptors (Lipinski definition) is 4. The molecule has 2 atom stereocenters. The van der Waals surface area contributed by atoms with Crippen molar-refractivity contribution in [2.75, 3.05) is 7.11 Å². The fourth-order valence-corrected chi connectivity index (χ4v) is 3.42. The standard InChI is InChI=1S/C18H21IO4/c1-11(16(20)22-4)8-14-15(18(14,2)3)17(21)23-10-12-6-5-7-13(19)9-12/h5-9,14-15H,10H2,1-4H3/b11-8+/t14?,15-/m0/s1. The van der Waals surface area contributed by atoms with Crippen molar-refractivity contribution in [3.8, 4) is 0 Å². The van der Waals surface area contributed by atoms with Crippen molar-refractivity contribution in [1.29, 1.82) is 0 Å². The van der Waals surface area contributed by atoms with Crippen LogP contribution in [-0.2, 0) is 25.7 Å². The maximum Gasteiger partial charge on any atom is 0.333 e. The highest BCUT2D eigenvalue weighted by molar-refractivity contribution is 14.1. The molecule has 1 aromatic carbocycles. The number of methoxy groups -OCH3 is 1. The Balaban J connectivity index is 1.98. The second-order valence-corrected chi connectivity index (χ2v) is 7.65. The van der Waals surface area contributed by atoms with E-state index < -0.39 is 0 Å². The molecule has 1 aromatic rings. The van der Waals surface area contributed by atoms with Gasteiger partial charge in [0.2, 0.25) is 0 Å². The van der Waals surface area contributed by atoms with E-state index in [1.165, 1.54) is 7.11 Å². The zero-order valence-corrected chi connectivity index (χ0v) is 15.9. The van der Waals surface area contributed by atoms with Gasteiger partial charge < -0.3 is 9.47 Å². The molecule has 0 heterocycles. The lowest BCUT2D eigenvalue weighted by Gasteiger charge is -2.06. The summed E-state index contributed by atoms with van der Waals surface area (Å²) in [4.78, 5) is 23.8. The van der Waals surface area contributed by atoms with Crippen LogP contribution in [0.1, 0.15) is 26.3 Å². The smallest absolute Gasteiger partial charge is 0.333 e. The zero-order chi connectivity index (χ0) is 17.2. The van der Waals surface area contributed by atoms with Gasteiger partial charge in [0.05, 0.1) is 13.0 Å². The van der Waals surface area contributed by atoms with E-state index in [-0.39, 0.29) is 35.8 Å². The molecule has 5 heteroatoms. The highest BCUT2D eigenvalue weighted by Gasteiger charge is 2.61. The van der Waals surface area contributed by atoms with Gasteiger partial charge in [-0.3, -0.25) is 4.79 Å². The van der Waals surface area contributed by atoms with Crippen LogP contribution in [0.15, 0.2) is 35.9 Å². The molecule has 1 fully saturated rings. The first-order valence-electron chi connectivity index (χ1n) is 7.45. The van der Waals surface area contributed by atoms with Gasteiger partial charge in [0, 0.05) is 9.14 Å². The summed E-state index contributed by atoms with van der Waals surface area (Å²) >= 11 is 2.23. The molecule has 0 amide bonds. The zero-order valence-electron chi connectivity index (χ0n) is 13.8. The predicted octanol–water partition coefficient (Wildman–Crippen LogP) is 3.73. The number of carbonyl (C=O) groups is 2. The summed E-state index contributed by atoms with van der Waals surface area (Å²) in [5.74, 6) is -0.790. The van der Waals surface area contributed by atoms with E-state index in [0.29, 0.717) is 5.57 Å². The van der Waals surface area contributed by atoms with E-state index in [1.54, 1.807) is 6.92 Å². The molecule has 1 saturated carbocycles. The van der Waals surface area contributed by atoms with E-state index in [0.717, 1.165) is 9.13 Å². The Morgan fingerprint density at radius 1 is 1.35 bits per heavy atom. The summed E-state index contributed by atoms with van der Waals surface area (Å²) < 4.78 is 11.3. The van der Waals surface area contributed by atoms with Gasteiger partial charge in [-0.25, -0.2) is 4.79 Å². The van der Waals surface area contributed by atoms with Crippen LogP contribution >= 0.6 is 22.6 Å². The lowest BCUT2D eigenvalue weighted by atomic mass is 10.1. The van der Waals surface area contributed by atoms with Crippen molar-refractivity contribution in [3.63, 3.8) is 0 Å². The summed E-state index contributed by atoms with van der Waals surface area (Å²) in [6, 6.07) is 7.86. The molecule has 23 heavy (non-hydrogen) atoms. The number of allylic oxidation sites excluding steroid dienone is 1. The fraction of sp³-hybridized carbons (Fsp3) is 0.444. The van der Waals surface area contributed by atoms with Crippen LogP contribution < -0.4 is 0 Å². The molecule has 0 radical (unpaired) electrons. The Bertz CT molecular complexity index is 648. The second-order valence-electron chi connectivity index (χ2n) is 6.40. The Kier molecular flexibility index (Phi) is 5.49. The minimum absolute atomic E-state index is 0.00464. The number of halogens is 1. The first-order valence-corrected chi connectivity index (χ1v) is 8.53. The predicted molar refractivity (Wildman–Crippen MR) is 95.5 cm³/mol. The van der Waals surface area contributed by atoms with Crippen molar-refractivity contribution < 1.29 is 19.1 Å². The number of benzene rings is 1. The van der Waals surface area contributed by atoms with E-state index in [9.17, 15) is 9.59 Å². The molecule has 124 valence electrons. The van der Waals surface area contributed by atoms with Crippen molar-refractivity contribution in [1.82, 2.24) is 0 Å². The Labute approximate surface area is 150 Å². The van der Waals surface area contributed by atoms with Gasteiger partial charge in [-0.1, -0.05) is 32.1 Å². The summed E-state index contributed by atoms with van der Waals surface area (Å²) in [5, 5.41) is 0. The summed E-state index contributed by atoms with van der Waals surface area (Å²) in [5.41, 5.74) is 1.30. The SMILES string of the molecule is COC(=O)/C(C)=C/C1[C@@H](C(=O)OCc2cccc(I)c2)C1(C)C. The van der Waals surface area contributed by atoms with Crippen LogP contribution in [0.4, 0.5) is 0 Å². The van der Waals surface area contributed by atoms with E-state index >= 15 is 0 Å². The average molecular weight is 428 g/mol. The van der Waals surface area contributed by atoms with Crippen molar-refractivity contribution >= 4 is 34.5 Å². The monoisotopic (exact) mass is 428 g/mol. The molecule has 0 aliphatic heterocycles. The molecule has 0 aromatic heterocycles. The molecule has 0 bridgehead atoms. The van der Waals surface area contributed by atoms with Crippen LogP contribution in [0.5, 0.6) is 0 Å². The first kappa shape index (κ1) is 18.0. The molecular weight excluding hydrogens is 407 g/mol. The van der Waals surface area contributed by atoms with Crippen LogP contribution in [-0.4, -0.2) is 19.0 Å². The second kappa shape index (κ2) is 7.03. The normalized spacial score (nSPS) is 22.4. The van der Waals surface area contributed by atoms with Gasteiger partial charge in [-0.05, 0) is 58.5 Å². The third-order valence-corrected chi connectivity index (χ3v) is 5.04. The minimum Gasteiger partial charge on any atom is -0.466 e. The van der Waals surface area contributed by atoms with Gasteiger partial charge in [-0.15, -0.1) is 0 Å². The molecule has 1 aliphatic carbocycles. The van der Waals surface area contributed by atoms with Gasteiger partial charge in [0.15, 0.2) is 0 Å². The molecule has 0 spiro atoms. The Morgan fingerprint density at radius 2 is 2.04 bits per heavy atom. The Morgan fingerprint density at radius 3 is 2.65 bits per heavy atom. The molecule has 0 N–H and O–H groups in total. The minimum atomic E-state index is -0.362. The largest absolute Gasteiger partial charge is 0.466 e. The number of esters is 2. The Hall–Kier alpha value is -1.37. The van der Waals surface area contributed by atoms with Crippen LogP contribution in [0.3, 0.4) is 0 Å². The van der Waals surface area contributed by atoms with Crippen LogP contribution in [0.25, 0.3) is 0 Å². The summed E-state index contributed by atoms with van der Waals surface area (Å²) in [6.45, 7) is 6.00. The number of hydrogen-bond donors (Lipinski definition) is 0. The highest BCUT2D eigenvalue weighted by atomic mass is 127. The number of ether oxygens (including phenoxy) is 2. The summed E-state index contributed by atoms with van der Waals surface area (Å²) in [7, 11) is 1.35. The van der Waals surface area contributed by atoms with Gasteiger partial charge in [0.1, 0.15) is 6.61 Å². The maximum atomic E-state index is 12.3. The number of rotatable bonds is 5. The average Bonchev–Trinajstić information content (AvgIpc) is 3.04. The molecule has 0 saturated heterocycles. The van der Waals surface area contributed by atoms with E-state index in [1.807, 2.05) is 44.2 Å². The molecular formula is C18H21IO4. The molecule has 1 aliphatic rings.